The summed E-state index contributed by atoms with van der Waals surface area (Å²) in [5.41, 5.74) is 11.8. The fourth-order valence-electron chi connectivity index (χ4n) is 5.22. The maximum absolute atomic E-state index is 14.1. The van der Waals surface area contributed by atoms with Crippen LogP contribution in [0.3, 0.4) is 0 Å². The molecule has 2 aromatic heterocycles. The second kappa shape index (κ2) is 12.3. The van der Waals surface area contributed by atoms with Gasteiger partial charge in [0.2, 0.25) is 11.9 Å². The molecule has 1 saturated heterocycles. The van der Waals surface area contributed by atoms with Crippen LogP contribution in [0.1, 0.15) is 44.6 Å². The Labute approximate surface area is 263 Å². The number of hydrogen-bond acceptors (Lipinski definition) is 11. The number of aromatic nitrogens is 4. The van der Waals surface area contributed by atoms with E-state index in [4.69, 9.17) is 32.8 Å². The van der Waals surface area contributed by atoms with Crippen molar-refractivity contribution in [3.8, 4) is 11.8 Å². The Morgan fingerprint density at radius 3 is 2.53 bits per heavy atom. The number of nitrogens with zero attached hydrogens (tertiary/aromatic N) is 6. The summed E-state index contributed by atoms with van der Waals surface area (Å²) in [6.07, 6.45) is -0.502. The van der Waals surface area contributed by atoms with Crippen LogP contribution in [0.25, 0.3) is 16.6 Å². The monoisotopic (exact) mass is 630 g/mol. The molecule has 6 N–H and O–H groups in total. The zero-order chi connectivity index (χ0) is 32.5. The van der Waals surface area contributed by atoms with E-state index >= 15 is 0 Å². The van der Waals surface area contributed by atoms with Crippen molar-refractivity contribution in [2.24, 2.45) is 0 Å². The number of fused-ring (bicyclic) bond motifs is 1. The third kappa shape index (κ3) is 6.58. The standard InChI is InChI=1S/C30H31ClN10O4/c1-30(2,3)45-29(44)35-14-22(42)36-16-12-21(40(15-16)25-18(13-32)24(33)38-28(34)39-25)26-37-20-11-7-10-19(31)23(20)27(43)41(26)17-8-5-4-6-9-17/h4-11,16,21H,12,14-15H2,1-3H3,(H,35,44)(H,36,42)(H4,33,34,38,39)/t16-,21+/m1/s1. The Morgan fingerprint density at radius 2 is 1.84 bits per heavy atom. The van der Waals surface area contributed by atoms with Crippen LogP contribution < -0.4 is 32.6 Å². The minimum atomic E-state index is -0.736. The molecule has 0 radical (unpaired) electrons. The van der Waals surface area contributed by atoms with Crippen LogP contribution in [0.4, 0.5) is 22.4 Å². The molecule has 15 heteroatoms. The van der Waals surface area contributed by atoms with E-state index in [1.54, 1.807) is 68.1 Å². The van der Waals surface area contributed by atoms with Gasteiger partial charge in [0, 0.05) is 12.6 Å². The van der Waals surface area contributed by atoms with Gasteiger partial charge in [-0.1, -0.05) is 35.9 Å². The number of hydrogen-bond donors (Lipinski definition) is 4. The summed E-state index contributed by atoms with van der Waals surface area (Å²) in [5, 5.41) is 15.8. The van der Waals surface area contributed by atoms with E-state index in [1.807, 2.05) is 12.1 Å². The Morgan fingerprint density at radius 1 is 1.11 bits per heavy atom. The highest BCUT2D eigenvalue weighted by Crippen LogP contribution is 2.38. The van der Waals surface area contributed by atoms with Crippen LogP contribution in [0.2, 0.25) is 5.02 Å². The van der Waals surface area contributed by atoms with Crippen LogP contribution in [0.5, 0.6) is 0 Å². The second-order valence-electron chi connectivity index (χ2n) is 11.4. The van der Waals surface area contributed by atoms with Gasteiger partial charge < -0.3 is 31.7 Å². The molecule has 5 rings (SSSR count). The lowest BCUT2D eigenvalue weighted by atomic mass is 10.1. The normalized spacial score (nSPS) is 16.3. The highest BCUT2D eigenvalue weighted by molar-refractivity contribution is 6.35. The highest BCUT2D eigenvalue weighted by atomic mass is 35.5. The summed E-state index contributed by atoms with van der Waals surface area (Å²) in [6, 6.07) is 14.7. The first-order valence-electron chi connectivity index (χ1n) is 14.0. The molecule has 4 aromatic rings. The Bertz CT molecular complexity index is 1880. The second-order valence-corrected chi connectivity index (χ2v) is 11.8. The molecule has 0 saturated carbocycles. The number of para-hydroxylation sites is 1. The van der Waals surface area contributed by atoms with E-state index in [9.17, 15) is 19.6 Å². The van der Waals surface area contributed by atoms with Gasteiger partial charge in [-0.2, -0.15) is 15.2 Å². The highest BCUT2D eigenvalue weighted by Gasteiger charge is 2.40. The lowest BCUT2D eigenvalue weighted by Gasteiger charge is -2.28. The van der Waals surface area contributed by atoms with Crippen molar-refractivity contribution in [3.63, 3.8) is 0 Å². The van der Waals surface area contributed by atoms with Crippen LogP contribution in [0, 0.1) is 11.3 Å². The van der Waals surface area contributed by atoms with Gasteiger partial charge in [0.25, 0.3) is 5.56 Å². The summed E-state index contributed by atoms with van der Waals surface area (Å²) < 4.78 is 6.67. The number of carbonyl (C=O) groups is 2. The van der Waals surface area contributed by atoms with Gasteiger partial charge in [-0.3, -0.25) is 14.2 Å². The van der Waals surface area contributed by atoms with Gasteiger partial charge in [-0.25, -0.2) is 9.78 Å². The fraction of sp³-hybridized carbons (Fsp3) is 0.300. The summed E-state index contributed by atoms with van der Waals surface area (Å²) in [6.45, 7) is 4.93. The molecule has 1 aliphatic heterocycles. The number of ether oxygens (including phenoxy) is 1. The number of nitrogens with one attached hydrogen (secondary N) is 2. The Kier molecular flexibility index (Phi) is 8.47. The number of halogens is 1. The number of nitriles is 1. The molecule has 3 heterocycles. The summed E-state index contributed by atoms with van der Waals surface area (Å²) in [5.74, 6) is -0.327. The molecular formula is C30H31ClN10O4. The summed E-state index contributed by atoms with van der Waals surface area (Å²) >= 11 is 6.47. The molecule has 2 aromatic carbocycles. The van der Waals surface area contributed by atoms with Crippen molar-refractivity contribution in [3.05, 3.63) is 75.3 Å². The minimum absolute atomic E-state index is 0.0230. The molecule has 2 atom stereocenters. The van der Waals surface area contributed by atoms with E-state index < -0.39 is 35.2 Å². The number of rotatable bonds is 6. The van der Waals surface area contributed by atoms with Crippen molar-refractivity contribution in [2.75, 3.05) is 29.5 Å². The third-order valence-electron chi connectivity index (χ3n) is 6.96. The Hall–Kier alpha value is -5.42. The van der Waals surface area contributed by atoms with Gasteiger partial charge >= 0.3 is 6.09 Å². The van der Waals surface area contributed by atoms with Gasteiger partial charge in [0.1, 0.15) is 35.4 Å². The van der Waals surface area contributed by atoms with Crippen molar-refractivity contribution in [1.82, 2.24) is 30.2 Å². The van der Waals surface area contributed by atoms with Crippen molar-refractivity contribution >= 4 is 52.1 Å². The minimum Gasteiger partial charge on any atom is -0.444 e. The van der Waals surface area contributed by atoms with Gasteiger partial charge in [-0.15, -0.1) is 0 Å². The smallest absolute Gasteiger partial charge is 0.408 e. The van der Waals surface area contributed by atoms with Crippen molar-refractivity contribution in [1.29, 1.82) is 5.26 Å². The average molecular weight is 631 g/mol. The van der Waals surface area contributed by atoms with Gasteiger partial charge in [-0.05, 0) is 51.5 Å². The van der Waals surface area contributed by atoms with Crippen LogP contribution >= 0.6 is 11.6 Å². The number of nitrogen functional groups attached to an aromatic ring is 2. The average Bonchev–Trinajstić information content (AvgIpc) is 3.38. The molecule has 14 nitrogen and oxygen atoms in total. The number of anilines is 3. The zero-order valence-electron chi connectivity index (χ0n) is 24.7. The number of benzene rings is 2. The van der Waals surface area contributed by atoms with E-state index in [0.29, 0.717) is 17.0 Å². The molecule has 0 unspecified atom stereocenters. The van der Waals surface area contributed by atoms with E-state index in [2.05, 4.69) is 20.6 Å². The first-order chi connectivity index (χ1) is 21.4. The quantitative estimate of drug-likeness (QED) is 0.243. The van der Waals surface area contributed by atoms with E-state index in [0.717, 1.165) is 0 Å². The van der Waals surface area contributed by atoms with Crippen LogP contribution in [-0.4, -0.2) is 56.3 Å². The van der Waals surface area contributed by atoms with Crippen LogP contribution in [0.15, 0.2) is 53.3 Å². The lowest BCUT2D eigenvalue weighted by Crippen LogP contribution is -2.44. The largest absolute Gasteiger partial charge is 0.444 e. The number of amides is 2. The maximum Gasteiger partial charge on any atom is 0.408 e. The number of nitrogens with two attached hydrogens (primary N) is 2. The molecule has 1 fully saturated rings. The molecule has 2 amide bonds. The molecule has 232 valence electrons. The maximum atomic E-state index is 14.1. The zero-order valence-corrected chi connectivity index (χ0v) is 25.5. The first kappa shape index (κ1) is 31.0. The predicted molar refractivity (Wildman–Crippen MR) is 169 cm³/mol. The van der Waals surface area contributed by atoms with Crippen molar-refractivity contribution < 1.29 is 14.3 Å². The number of alkyl carbamates (subject to hydrolysis) is 1. The van der Waals surface area contributed by atoms with Crippen molar-refractivity contribution in [2.45, 2.75) is 44.9 Å². The summed E-state index contributed by atoms with van der Waals surface area (Å²) in [7, 11) is 0. The van der Waals surface area contributed by atoms with E-state index in [1.165, 1.54) is 4.57 Å². The van der Waals surface area contributed by atoms with Crippen LogP contribution in [-0.2, 0) is 9.53 Å². The molecule has 45 heavy (non-hydrogen) atoms. The first-order valence-corrected chi connectivity index (χ1v) is 14.4. The van der Waals surface area contributed by atoms with Gasteiger partial charge in [0.15, 0.2) is 5.82 Å². The predicted octanol–water partition coefficient (Wildman–Crippen LogP) is 2.83. The molecule has 1 aliphatic rings. The fourth-order valence-corrected chi connectivity index (χ4v) is 5.47. The number of carbonyl (C=O) groups excluding carboxylic acids is 2. The van der Waals surface area contributed by atoms with Gasteiger partial charge in [0.05, 0.1) is 27.7 Å². The SMILES string of the molecule is CC(C)(C)OC(=O)NCC(=O)N[C@@H]1C[C@@H](c2nc3cccc(Cl)c3c(=O)n2-c2ccccc2)N(c2nc(N)nc(N)c2C#N)C1. The molecule has 0 aliphatic carbocycles. The third-order valence-corrected chi connectivity index (χ3v) is 7.28. The lowest BCUT2D eigenvalue weighted by molar-refractivity contribution is -0.120. The van der Waals surface area contributed by atoms with E-state index in [-0.39, 0.29) is 53.1 Å². The molecule has 0 bridgehead atoms. The Balaban J connectivity index is 1.60. The molecular weight excluding hydrogens is 600 g/mol. The summed E-state index contributed by atoms with van der Waals surface area (Å²) in [4.78, 5) is 54.0. The molecule has 0 spiro atoms. The topological polar surface area (TPSA) is 207 Å².